The maximum atomic E-state index is 11.5. The molecule has 1 aliphatic heterocycles. The number of fused-ring (bicyclic) bond motifs is 1. The number of Topliss-reactive ketones (excluding diaryl/α,β-unsaturated/α-hetero) is 1. The van der Waals surface area contributed by atoms with Gasteiger partial charge in [-0.15, -0.1) is 0 Å². The largest absolute Gasteiger partial charge is 0.494 e. The second-order valence-electron chi connectivity index (χ2n) is 6.53. The van der Waals surface area contributed by atoms with Crippen molar-refractivity contribution < 1.29 is 19.2 Å². The van der Waals surface area contributed by atoms with E-state index in [1.54, 1.807) is 12.1 Å². The van der Waals surface area contributed by atoms with Gasteiger partial charge in [0.05, 0.1) is 11.5 Å². The average Bonchev–Trinajstić information content (AvgIpc) is 2.98. The van der Waals surface area contributed by atoms with Crippen molar-refractivity contribution in [1.29, 1.82) is 0 Å². The molecule has 0 aromatic heterocycles. The van der Waals surface area contributed by atoms with Crippen molar-refractivity contribution >= 4 is 17.2 Å². The monoisotopic (exact) mass is 370 g/mol. The quantitative estimate of drug-likeness (QED) is 0.448. The van der Waals surface area contributed by atoms with Crippen LogP contribution in [0.4, 0.5) is 11.4 Å². The number of hydrogen-bond donors (Lipinski definition) is 1. The lowest BCUT2D eigenvalue weighted by Gasteiger charge is -2.14. The average molecular weight is 370 g/mol. The van der Waals surface area contributed by atoms with Crippen molar-refractivity contribution in [2.24, 2.45) is 0 Å². The van der Waals surface area contributed by atoms with Crippen LogP contribution in [0.15, 0.2) is 30.3 Å². The fourth-order valence-corrected chi connectivity index (χ4v) is 3.15. The summed E-state index contributed by atoms with van der Waals surface area (Å²) in [4.78, 5) is 22.4. The zero-order chi connectivity index (χ0) is 19.6. The Morgan fingerprint density at radius 3 is 2.81 bits per heavy atom. The molecule has 1 atom stereocenters. The van der Waals surface area contributed by atoms with Gasteiger partial charge in [-0.05, 0) is 45.0 Å². The Hall–Kier alpha value is -3.09. The van der Waals surface area contributed by atoms with E-state index in [4.69, 9.17) is 9.47 Å². The second kappa shape index (κ2) is 7.65. The topological polar surface area (TPSA) is 90.7 Å². The standard InChI is InChI=1S/C20H22N2O5/c1-4-26-19-9-15-7-12(2)27-20(15)10-16(19)11-21-17-6-5-14(13(3)23)8-18(17)22(24)25/h5-6,8-10,12,21H,4,7,11H2,1-3H3/t12-/m1/s1. The molecular weight excluding hydrogens is 348 g/mol. The molecule has 7 nitrogen and oxygen atoms in total. The Labute approximate surface area is 157 Å². The molecule has 1 aliphatic rings. The Morgan fingerprint density at radius 2 is 2.15 bits per heavy atom. The highest BCUT2D eigenvalue weighted by atomic mass is 16.6. The van der Waals surface area contributed by atoms with Gasteiger partial charge in [0.25, 0.3) is 5.69 Å². The number of nitro benzene ring substituents is 1. The molecule has 1 N–H and O–H groups in total. The molecule has 0 saturated carbocycles. The summed E-state index contributed by atoms with van der Waals surface area (Å²) in [7, 11) is 0. The molecule has 0 radical (unpaired) electrons. The molecule has 0 spiro atoms. The summed E-state index contributed by atoms with van der Waals surface area (Å²) >= 11 is 0. The number of nitrogens with one attached hydrogen (secondary N) is 1. The minimum Gasteiger partial charge on any atom is -0.494 e. The molecule has 0 fully saturated rings. The van der Waals surface area contributed by atoms with Crippen molar-refractivity contribution in [2.45, 2.75) is 39.8 Å². The van der Waals surface area contributed by atoms with Crippen molar-refractivity contribution in [2.75, 3.05) is 11.9 Å². The van der Waals surface area contributed by atoms with Crippen LogP contribution in [0, 0.1) is 10.1 Å². The first-order valence-electron chi connectivity index (χ1n) is 8.87. The van der Waals surface area contributed by atoms with E-state index in [0.717, 1.165) is 29.0 Å². The van der Waals surface area contributed by atoms with Crippen LogP contribution >= 0.6 is 0 Å². The Bertz CT molecular complexity index is 894. The number of hydrogen-bond acceptors (Lipinski definition) is 6. The minimum atomic E-state index is -0.494. The van der Waals surface area contributed by atoms with E-state index in [2.05, 4.69) is 5.32 Å². The van der Waals surface area contributed by atoms with Gasteiger partial charge in [0.15, 0.2) is 5.78 Å². The van der Waals surface area contributed by atoms with Crippen molar-refractivity contribution in [3.63, 3.8) is 0 Å². The van der Waals surface area contributed by atoms with Crippen LogP contribution in [0.3, 0.4) is 0 Å². The summed E-state index contributed by atoms with van der Waals surface area (Å²) in [6.45, 7) is 6.16. The summed E-state index contributed by atoms with van der Waals surface area (Å²) in [5, 5.41) is 14.5. The first-order valence-corrected chi connectivity index (χ1v) is 8.87. The van der Waals surface area contributed by atoms with Crippen molar-refractivity contribution in [1.82, 2.24) is 0 Å². The molecular formula is C20H22N2O5. The summed E-state index contributed by atoms with van der Waals surface area (Å²) in [6, 6.07) is 8.33. The lowest BCUT2D eigenvalue weighted by molar-refractivity contribution is -0.384. The highest BCUT2D eigenvalue weighted by Crippen LogP contribution is 2.36. The van der Waals surface area contributed by atoms with Crippen LogP contribution in [0.25, 0.3) is 0 Å². The first-order chi connectivity index (χ1) is 12.9. The lowest BCUT2D eigenvalue weighted by Crippen LogP contribution is -2.07. The second-order valence-corrected chi connectivity index (χ2v) is 6.53. The third kappa shape index (κ3) is 4.02. The van der Waals surface area contributed by atoms with Crippen molar-refractivity contribution in [3.8, 4) is 11.5 Å². The number of nitrogens with zero attached hydrogens (tertiary/aromatic N) is 1. The normalized spacial score (nSPS) is 15.0. The molecule has 27 heavy (non-hydrogen) atoms. The van der Waals surface area contributed by atoms with E-state index in [0.29, 0.717) is 24.4 Å². The molecule has 0 bridgehead atoms. The predicted molar refractivity (Wildman–Crippen MR) is 102 cm³/mol. The van der Waals surface area contributed by atoms with E-state index in [-0.39, 0.29) is 17.6 Å². The van der Waals surface area contributed by atoms with Gasteiger partial charge in [-0.25, -0.2) is 0 Å². The van der Waals surface area contributed by atoms with Gasteiger partial charge in [0, 0.05) is 35.7 Å². The van der Waals surface area contributed by atoms with Gasteiger partial charge in [-0.2, -0.15) is 0 Å². The number of carbonyl (C=O) groups is 1. The Balaban J connectivity index is 1.87. The van der Waals surface area contributed by atoms with Crippen LogP contribution in [-0.4, -0.2) is 23.4 Å². The maximum absolute atomic E-state index is 11.5. The van der Waals surface area contributed by atoms with Crippen molar-refractivity contribution in [3.05, 3.63) is 57.1 Å². The third-order valence-corrected chi connectivity index (χ3v) is 4.45. The van der Waals surface area contributed by atoms with Crippen LogP contribution in [0.2, 0.25) is 0 Å². The first kappa shape index (κ1) is 18.7. The Morgan fingerprint density at radius 1 is 1.37 bits per heavy atom. The smallest absolute Gasteiger partial charge is 0.293 e. The van der Waals surface area contributed by atoms with E-state index >= 15 is 0 Å². The van der Waals surface area contributed by atoms with E-state index < -0.39 is 4.92 Å². The summed E-state index contributed by atoms with van der Waals surface area (Å²) in [5.41, 5.74) is 2.48. The maximum Gasteiger partial charge on any atom is 0.293 e. The van der Waals surface area contributed by atoms with Crippen LogP contribution in [-0.2, 0) is 13.0 Å². The molecule has 0 amide bonds. The SMILES string of the molecule is CCOc1cc2c(cc1CNc1ccc(C(C)=O)cc1[N+](=O)[O-])O[C@H](C)C2. The molecule has 0 saturated heterocycles. The molecule has 1 heterocycles. The lowest BCUT2D eigenvalue weighted by atomic mass is 10.1. The molecule has 2 aromatic carbocycles. The summed E-state index contributed by atoms with van der Waals surface area (Å²) in [6.07, 6.45) is 0.957. The fourth-order valence-electron chi connectivity index (χ4n) is 3.15. The number of benzene rings is 2. The third-order valence-electron chi connectivity index (χ3n) is 4.45. The van der Waals surface area contributed by atoms with Crippen LogP contribution in [0.1, 0.15) is 42.3 Å². The molecule has 7 heteroatoms. The van der Waals surface area contributed by atoms with Crippen LogP contribution in [0.5, 0.6) is 11.5 Å². The summed E-state index contributed by atoms with van der Waals surface area (Å²) in [5.74, 6) is 1.35. The number of anilines is 1. The molecule has 0 unspecified atom stereocenters. The fraction of sp³-hybridized carbons (Fsp3) is 0.350. The van der Waals surface area contributed by atoms with Gasteiger partial charge in [0.2, 0.25) is 0 Å². The van der Waals surface area contributed by atoms with Gasteiger partial charge < -0.3 is 14.8 Å². The number of rotatable bonds is 7. The minimum absolute atomic E-state index is 0.123. The molecule has 3 rings (SSSR count). The summed E-state index contributed by atoms with van der Waals surface area (Å²) < 4.78 is 11.5. The molecule has 2 aromatic rings. The number of ketones is 1. The highest BCUT2D eigenvalue weighted by Gasteiger charge is 2.22. The Kier molecular flexibility index (Phi) is 5.30. The number of ether oxygens (including phenoxy) is 2. The van der Waals surface area contributed by atoms with Gasteiger partial charge in [-0.3, -0.25) is 14.9 Å². The predicted octanol–water partition coefficient (Wildman–Crippen LogP) is 4.13. The van der Waals surface area contributed by atoms with Gasteiger partial charge in [-0.1, -0.05) is 0 Å². The zero-order valence-corrected chi connectivity index (χ0v) is 15.6. The molecule has 142 valence electrons. The number of carbonyl (C=O) groups excluding carboxylic acids is 1. The number of nitro groups is 1. The van der Waals surface area contributed by atoms with E-state index in [9.17, 15) is 14.9 Å². The highest BCUT2D eigenvalue weighted by molar-refractivity contribution is 5.95. The zero-order valence-electron chi connectivity index (χ0n) is 15.6. The van der Waals surface area contributed by atoms with E-state index in [1.165, 1.54) is 13.0 Å². The van der Waals surface area contributed by atoms with Crippen LogP contribution < -0.4 is 14.8 Å². The van der Waals surface area contributed by atoms with Gasteiger partial charge in [0.1, 0.15) is 23.3 Å². The molecule has 0 aliphatic carbocycles. The van der Waals surface area contributed by atoms with E-state index in [1.807, 2.05) is 26.0 Å². The van der Waals surface area contributed by atoms with Gasteiger partial charge >= 0.3 is 0 Å².